The van der Waals surface area contributed by atoms with Crippen molar-refractivity contribution in [3.05, 3.63) is 12.2 Å². The highest BCUT2D eigenvalue weighted by atomic mass is 16.6. The van der Waals surface area contributed by atoms with Crippen LogP contribution in [0.2, 0.25) is 0 Å². The third kappa shape index (κ3) is 3.81. The minimum absolute atomic E-state index is 0.139. The Morgan fingerprint density at radius 2 is 2.07 bits per heavy atom. The fourth-order valence-corrected chi connectivity index (χ4v) is 1.45. The molecule has 3 heteroatoms. The van der Waals surface area contributed by atoms with Gasteiger partial charge >= 0.3 is 6.09 Å². The lowest BCUT2D eigenvalue weighted by molar-refractivity contribution is 0.0513. The Morgan fingerprint density at radius 3 is 2.50 bits per heavy atom. The highest BCUT2D eigenvalue weighted by Gasteiger charge is 2.21. The summed E-state index contributed by atoms with van der Waals surface area (Å²) in [6, 6.07) is 0.139. The van der Waals surface area contributed by atoms with Crippen LogP contribution < -0.4 is 5.32 Å². The molecule has 2 atom stereocenters. The molecule has 0 radical (unpaired) electrons. The first-order valence-electron chi connectivity index (χ1n) is 5.04. The second-order valence-corrected chi connectivity index (χ2v) is 4.85. The lowest BCUT2D eigenvalue weighted by atomic mass is 10.1. The van der Waals surface area contributed by atoms with E-state index in [0.717, 1.165) is 6.42 Å². The van der Waals surface area contributed by atoms with Gasteiger partial charge in [0.15, 0.2) is 0 Å². The van der Waals surface area contributed by atoms with E-state index >= 15 is 0 Å². The minimum atomic E-state index is -0.419. The van der Waals surface area contributed by atoms with Gasteiger partial charge in [-0.15, -0.1) is 0 Å². The third-order valence-electron chi connectivity index (χ3n) is 2.00. The first kappa shape index (κ1) is 11.1. The number of ether oxygens (including phenoxy) is 1. The molecule has 1 amide bonds. The van der Waals surface area contributed by atoms with Crippen molar-refractivity contribution in [2.45, 2.75) is 45.8 Å². The average molecular weight is 197 g/mol. The summed E-state index contributed by atoms with van der Waals surface area (Å²) in [5, 5.41) is 2.82. The van der Waals surface area contributed by atoms with Crippen LogP contribution in [0, 0.1) is 5.92 Å². The highest BCUT2D eigenvalue weighted by Crippen LogP contribution is 2.17. The maximum atomic E-state index is 11.4. The normalized spacial score (nSPS) is 26.3. The Balaban J connectivity index is 2.32. The van der Waals surface area contributed by atoms with E-state index in [1.54, 1.807) is 0 Å². The van der Waals surface area contributed by atoms with Crippen molar-refractivity contribution in [2.24, 2.45) is 5.92 Å². The number of allylic oxidation sites excluding steroid dienone is 1. The van der Waals surface area contributed by atoms with Crippen molar-refractivity contribution in [1.82, 2.24) is 5.32 Å². The lowest BCUT2D eigenvalue weighted by Crippen LogP contribution is -2.37. The molecule has 3 nitrogen and oxygen atoms in total. The van der Waals surface area contributed by atoms with Gasteiger partial charge in [0.1, 0.15) is 5.60 Å². The molecular formula is C11H19NO2. The van der Waals surface area contributed by atoms with Gasteiger partial charge in [-0.3, -0.25) is 0 Å². The molecule has 0 spiro atoms. The SMILES string of the molecule is CC1C=C[C@H](NC(=O)OC(C)(C)C)C1. The van der Waals surface area contributed by atoms with Crippen LogP contribution in [-0.4, -0.2) is 17.7 Å². The van der Waals surface area contributed by atoms with E-state index in [4.69, 9.17) is 4.74 Å². The maximum Gasteiger partial charge on any atom is 0.408 e. The van der Waals surface area contributed by atoms with Gasteiger partial charge in [-0.2, -0.15) is 0 Å². The number of amides is 1. The first-order valence-corrected chi connectivity index (χ1v) is 5.04. The standard InChI is InChI=1S/C11H19NO2/c1-8-5-6-9(7-8)12-10(13)14-11(2,3)4/h5-6,8-9H,7H2,1-4H3,(H,12,13)/t8?,9-/m0/s1. The molecule has 0 saturated heterocycles. The van der Waals surface area contributed by atoms with Gasteiger partial charge in [-0.05, 0) is 33.1 Å². The van der Waals surface area contributed by atoms with E-state index in [-0.39, 0.29) is 12.1 Å². The van der Waals surface area contributed by atoms with Crippen LogP contribution in [0.4, 0.5) is 4.79 Å². The predicted octanol–water partition coefficient (Wildman–Crippen LogP) is 2.48. The molecule has 1 unspecified atom stereocenters. The van der Waals surface area contributed by atoms with Crippen LogP contribution in [0.5, 0.6) is 0 Å². The van der Waals surface area contributed by atoms with Crippen molar-refractivity contribution < 1.29 is 9.53 Å². The summed E-state index contributed by atoms with van der Waals surface area (Å²) in [4.78, 5) is 11.4. The number of alkyl carbamates (subject to hydrolysis) is 1. The topological polar surface area (TPSA) is 38.3 Å². The molecule has 1 N–H and O–H groups in total. The zero-order chi connectivity index (χ0) is 10.8. The summed E-state index contributed by atoms with van der Waals surface area (Å²) in [7, 11) is 0. The van der Waals surface area contributed by atoms with E-state index in [9.17, 15) is 4.79 Å². The number of hydrogen-bond acceptors (Lipinski definition) is 2. The van der Waals surface area contributed by atoms with Gasteiger partial charge in [0.2, 0.25) is 0 Å². The summed E-state index contributed by atoms with van der Waals surface area (Å²) in [6.07, 6.45) is 4.77. The van der Waals surface area contributed by atoms with Crippen molar-refractivity contribution in [3.63, 3.8) is 0 Å². The molecule has 14 heavy (non-hydrogen) atoms. The minimum Gasteiger partial charge on any atom is -0.444 e. The van der Waals surface area contributed by atoms with Crippen LogP contribution in [-0.2, 0) is 4.74 Å². The number of nitrogens with one attached hydrogen (secondary N) is 1. The van der Waals surface area contributed by atoms with Crippen LogP contribution in [0.25, 0.3) is 0 Å². The molecule has 0 aromatic carbocycles. The molecule has 1 rings (SSSR count). The van der Waals surface area contributed by atoms with E-state index in [0.29, 0.717) is 5.92 Å². The molecule has 0 heterocycles. The number of carbonyl (C=O) groups excluding carboxylic acids is 1. The largest absolute Gasteiger partial charge is 0.444 e. The van der Waals surface area contributed by atoms with Gasteiger partial charge in [0.05, 0.1) is 6.04 Å². The van der Waals surface area contributed by atoms with Crippen molar-refractivity contribution in [2.75, 3.05) is 0 Å². The van der Waals surface area contributed by atoms with Gasteiger partial charge in [-0.1, -0.05) is 19.1 Å². The summed E-state index contributed by atoms with van der Waals surface area (Å²) < 4.78 is 5.15. The second kappa shape index (κ2) is 4.03. The van der Waals surface area contributed by atoms with Crippen LogP contribution >= 0.6 is 0 Å². The Bertz CT molecular complexity index is 240. The smallest absolute Gasteiger partial charge is 0.408 e. The molecule has 80 valence electrons. The van der Waals surface area contributed by atoms with Crippen LogP contribution in [0.1, 0.15) is 34.1 Å². The monoisotopic (exact) mass is 197 g/mol. The quantitative estimate of drug-likeness (QED) is 0.656. The Morgan fingerprint density at radius 1 is 1.43 bits per heavy atom. The molecule has 0 aromatic heterocycles. The van der Waals surface area contributed by atoms with Gasteiger partial charge in [0, 0.05) is 0 Å². The summed E-state index contributed by atoms with van der Waals surface area (Å²) >= 11 is 0. The molecule has 0 bridgehead atoms. The predicted molar refractivity (Wildman–Crippen MR) is 56.1 cm³/mol. The lowest BCUT2D eigenvalue weighted by Gasteiger charge is -2.21. The number of rotatable bonds is 1. The second-order valence-electron chi connectivity index (χ2n) is 4.85. The maximum absolute atomic E-state index is 11.4. The summed E-state index contributed by atoms with van der Waals surface area (Å²) in [5.74, 6) is 0.551. The fourth-order valence-electron chi connectivity index (χ4n) is 1.45. The Labute approximate surface area is 85.5 Å². The van der Waals surface area contributed by atoms with Gasteiger partial charge in [-0.25, -0.2) is 4.79 Å². The first-order chi connectivity index (χ1) is 6.37. The molecule has 0 aromatic rings. The van der Waals surface area contributed by atoms with Gasteiger partial charge in [0.25, 0.3) is 0 Å². The van der Waals surface area contributed by atoms with Crippen molar-refractivity contribution in [1.29, 1.82) is 0 Å². The van der Waals surface area contributed by atoms with Crippen LogP contribution in [0.15, 0.2) is 12.2 Å². The fraction of sp³-hybridized carbons (Fsp3) is 0.727. The molecule has 0 saturated carbocycles. The summed E-state index contributed by atoms with van der Waals surface area (Å²) in [6.45, 7) is 7.71. The Hall–Kier alpha value is -0.990. The number of hydrogen-bond donors (Lipinski definition) is 1. The van der Waals surface area contributed by atoms with E-state index < -0.39 is 5.60 Å². The van der Waals surface area contributed by atoms with E-state index in [1.807, 2.05) is 26.8 Å². The molecule has 0 fully saturated rings. The van der Waals surface area contributed by atoms with Crippen LogP contribution in [0.3, 0.4) is 0 Å². The van der Waals surface area contributed by atoms with Gasteiger partial charge < -0.3 is 10.1 Å². The zero-order valence-electron chi connectivity index (χ0n) is 9.33. The Kier molecular flexibility index (Phi) is 3.19. The molecular weight excluding hydrogens is 178 g/mol. The molecule has 1 aliphatic carbocycles. The number of carbonyl (C=O) groups is 1. The van der Waals surface area contributed by atoms with Crippen molar-refractivity contribution in [3.8, 4) is 0 Å². The van der Waals surface area contributed by atoms with E-state index in [1.165, 1.54) is 0 Å². The van der Waals surface area contributed by atoms with Crippen molar-refractivity contribution >= 4 is 6.09 Å². The summed E-state index contributed by atoms with van der Waals surface area (Å²) in [5.41, 5.74) is -0.419. The third-order valence-corrected chi connectivity index (χ3v) is 2.00. The molecule has 1 aliphatic rings. The van der Waals surface area contributed by atoms with E-state index in [2.05, 4.69) is 18.3 Å². The molecule has 0 aliphatic heterocycles. The average Bonchev–Trinajstić information content (AvgIpc) is 2.30. The highest BCUT2D eigenvalue weighted by molar-refractivity contribution is 5.68. The zero-order valence-corrected chi connectivity index (χ0v) is 9.33.